The second-order valence-electron chi connectivity index (χ2n) is 6.06. The lowest BCUT2D eigenvalue weighted by molar-refractivity contribution is 0.102. The SMILES string of the molecule is O=C(Nc1cc(F)ccc1F)c1cc2nc(C3CC3)cc(C(F)F)n2n1. The number of benzene rings is 1. The Morgan fingerprint density at radius 2 is 1.96 bits per heavy atom. The molecule has 1 aliphatic rings. The van der Waals surface area contributed by atoms with E-state index < -0.39 is 24.0 Å². The molecule has 3 aromatic rings. The summed E-state index contributed by atoms with van der Waals surface area (Å²) in [5, 5.41) is 6.03. The zero-order valence-electron chi connectivity index (χ0n) is 13.2. The van der Waals surface area contributed by atoms with Gasteiger partial charge in [-0.1, -0.05) is 0 Å². The van der Waals surface area contributed by atoms with Crippen molar-refractivity contribution in [3.05, 3.63) is 59.0 Å². The highest BCUT2D eigenvalue weighted by Crippen LogP contribution is 2.40. The maximum atomic E-state index is 13.7. The van der Waals surface area contributed by atoms with Crippen LogP contribution in [-0.2, 0) is 0 Å². The van der Waals surface area contributed by atoms with Crippen LogP contribution in [0.4, 0.5) is 23.2 Å². The molecule has 1 fully saturated rings. The maximum absolute atomic E-state index is 13.7. The predicted molar refractivity (Wildman–Crippen MR) is 84.2 cm³/mol. The van der Waals surface area contributed by atoms with Gasteiger partial charge in [-0.15, -0.1) is 0 Å². The van der Waals surface area contributed by atoms with Crippen LogP contribution in [0.15, 0.2) is 30.3 Å². The van der Waals surface area contributed by atoms with Crippen LogP contribution in [0.1, 0.15) is 47.1 Å². The van der Waals surface area contributed by atoms with Gasteiger partial charge in [-0.05, 0) is 31.0 Å². The first-order valence-electron chi connectivity index (χ1n) is 7.87. The second-order valence-corrected chi connectivity index (χ2v) is 6.06. The summed E-state index contributed by atoms with van der Waals surface area (Å²) in [6.07, 6.45) is -1.03. The molecule has 0 saturated heterocycles. The minimum absolute atomic E-state index is 0.106. The lowest BCUT2D eigenvalue weighted by atomic mass is 10.2. The van der Waals surface area contributed by atoms with Crippen molar-refractivity contribution in [2.45, 2.75) is 25.2 Å². The summed E-state index contributed by atoms with van der Waals surface area (Å²) < 4.78 is 54.4. The van der Waals surface area contributed by atoms with Crippen molar-refractivity contribution >= 4 is 17.2 Å². The van der Waals surface area contributed by atoms with E-state index in [9.17, 15) is 22.4 Å². The molecule has 0 unspecified atom stereocenters. The highest BCUT2D eigenvalue weighted by atomic mass is 19.3. The summed E-state index contributed by atoms with van der Waals surface area (Å²) >= 11 is 0. The number of aromatic nitrogens is 3. The van der Waals surface area contributed by atoms with Crippen LogP contribution in [0.5, 0.6) is 0 Å². The molecule has 26 heavy (non-hydrogen) atoms. The number of alkyl halides is 2. The number of nitrogens with one attached hydrogen (secondary N) is 1. The summed E-state index contributed by atoms with van der Waals surface area (Å²) in [6, 6.07) is 5.12. The van der Waals surface area contributed by atoms with Crippen LogP contribution in [0.3, 0.4) is 0 Å². The molecule has 0 radical (unpaired) electrons. The Morgan fingerprint density at radius 3 is 2.65 bits per heavy atom. The average molecular weight is 364 g/mol. The smallest absolute Gasteiger partial charge is 0.280 e. The molecule has 0 bridgehead atoms. The third-order valence-corrected chi connectivity index (χ3v) is 4.10. The van der Waals surface area contributed by atoms with E-state index in [-0.39, 0.29) is 28.6 Å². The highest BCUT2D eigenvalue weighted by Gasteiger charge is 2.28. The van der Waals surface area contributed by atoms with Gasteiger partial charge in [0, 0.05) is 23.7 Å². The Morgan fingerprint density at radius 1 is 1.19 bits per heavy atom. The van der Waals surface area contributed by atoms with Crippen molar-refractivity contribution in [3.8, 4) is 0 Å². The van der Waals surface area contributed by atoms with Gasteiger partial charge in [0.25, 0.3) is 12.3 Å². The molecular formula is C17H12F4N4O. The molecule has 1 aromatic carbocycles. The molecule has 0 spiro atoms. The lowest BCUT2D eigenvalue weighted by Crippen LogP contribution is -2.14. The molecule has 1 amide bonds. The van der Waals surface area contributed by atoms with Crippen LogP contribution in [0.2, 0.25) is 0 Å². The summed E-state index contributed by atoms with van der Waals surface area (Å²) in [6.45, 7) is 0. The van der Waals surface area contributed by atoms with Gasteiger partial charge in [-0.3, -0.25) is 4.79 Å². The van der Waals surface area contributed by atoms with Gasteiger partial charge in [0.1, 0.15) is 17.3 Å². The van der Waals surface area contributed by atoms with Crippen molar-refractivity contribution in [1.29, 1.82) is 0 Å². The van der Waals surface area contributed by atoms with Gasteiger partial charge >= 0.3 is 0 Å². The summed E-state index contributed by atoms with van der Waals surface area (Å²) in [4.78, 5) is 16.5. The first-order chi connectivity index (χ1) is 12.4. The van der Waals surface area contributed by atoms with E-state index in [4.69, 9.17) is 0 Å². The van der Waals surface area contributed by atoms with E-state index in [1.165, 1.54) is 12.1 Å². The van der Waals surface area contributed by atoms with Crippen LogP contribution >= 0.6 is 0 Å². The van der Waals surface area contributed by atoms with Gasteiger partial charge in [0.15, 0.2) is 11.3 Å². The number of carbonyl (C=O) groups is 1. The number of halogens is 4. The van der Waals surface area contributed by atoms with E-state index in [1.54, 1.807) is 0 Å². The minimum atomic E-state index is -2.80. The molecule has 0 aliphatic heterocycles. The minimum Gasteiger partial charge on any atom is -0.318 e. The summed E-state index contributed by atoms with van der Waals surface area (Å²) in [5.74, 6) is -2.27. The van der Waals surface area contributed by atoms with Crippen molar-refractivity contribution in [2.24, 2.45) is 0 Å². The molecule has 1 saturated carbocycles. The first-order valence-corrected chi connectivity index (χ1v) is 7.87. The first kappa shape index (κ1) is 16.5. The fraction of sp³-hybridized carbons (Fsp3) is 0.235. The predicted octanol–water partition coefficient (Wildman–Crippen LogP) is 4.07. The maximum Gasteiger partial charge on any atom is 0.280 e. The molecule has 2 aromatic heterocycles. The fourth-order valence-electron chi connectivity index (χ4n) is 2.65. The zero-order chi connectivity index (χ0) is 18.4. The number of amides is 1. The van der Waals surface area contributed by atoms with Gasteiger partial charge in [-0.25, -0.2) is 27.1 Å². The molecule has 9 heteroatoms. The Bertz CT molecular complexity index is 1010. The lowest BCUT2D eigenvalue weighted by Gasteiger charge is -2.06. The summed E-state index contributed by atoms with van der Waals surface area (Å²) in [5.41, 5.74) is -0.318. The Labute approximate surface area is 144 Å². The Balaban J connectivity index is 1.71. The molecule has 1 N–H and O–H groups in total. The topological polar surface area (TPSA) is 59.3 Å². The quantitative estimate of drug-likeness (QED) is 0.710. The highest BCUT2D eigenvalue weighted by molar-refractivity contribution is 6.03. The van der Waals surface area contributed by atoms with Crippen molar-refractivity contribution in [3.63, 3.8) is 0 Å². The number of fused-ring (bicyclic) bond motifs is 1. The Hall–Kier alpha value is -2.97. The number of rotatable bonds is 4. The molecule has 5 nitrogen and oxygen atoms in total. The third kappa shape index (κ3) is 3.00. The number of hydrogen-bond acceptors (Lipinski definition) is 3. The largest absolute Gasteiger partial charge is 0.318 e. The molecule has 1 aliphatic carbocycles. The van der Waals surface area contributed by atoms with E-state index in [0.717, 1.165) is 35.6 Å². The normalized spacial score (nSPS) is 14.2. The van der Waals surface area contributed by atoms with Crippen molar-refractivity contribution in [1.82, 2.24) is 14.6 Å². The van der Waals surface area contributed by atoms with Crippen molar-refractivity contribution in [2.75, 3.05) is 5.32 Å². The number of anilines is 1. The summed E-state index contributed by atoms with van der Waals surface area (Å²) in [7, 11) is 0. The molecule has 134 valence electrons. The van der Waals surface area contributed by atoms with Gasteiger partial charge in [0.2, 0.25) is 0 Å². The van der Waals surface area contributed by atoms with E-state index in [0.29, 0.717) is 5.69 Å². The molecular weight excluding hydrogens is 352 g/mol. The number of nitrogens with zero attached hydrogens (tertiary/aromatic N) is 3. The Kier molecular flexibility index (Phi) is 3.86. The molecule has 4 rings (SSSR count). The number of hydrogen-bond donors (Lipinski definition) is 1. The van der Waals surface area contributed by atoms with Crippen LogP contribution in [0, 0.1) is 11.6 Å². The molecule has 2 heterocycles. The van der Waals surface area contributed by atoms with Crippen LogP contribution in [-0.4, -0.2) is 20.5 Å². The zero-order valence-corrected chi connectivity index (χ0v) is 13.2. The second kappa shape index (κ2) is 6.08. The van der Waals surface area contributed by atoms with Crippen LogP contribution in [0.25, 0.3) is 5.65 Å². The third-order valence-electron chi connectivity index (χ3n) is 4.10. The average Bonchev–Trinajstić information content (AvgIpc) is 3.35. The van der Waals surface area contributed by atoms with E-state index in [1.807, 2.05) is 0 Å². The van der Waals surface area contributed by atoms with E-state index >= 15 is 0 Å². The standard InChI is InChI=1S/C17H12F4N4O/c18-9-3-4-10(19)12(5-9)23-17(26)13-7-15-22-11(8-1-2-8)6-14(16(20)21)25(15)24-13/h3-8,16H,1-2H2,(H,23,26). The van der Waals surface area contributed by atoms with Gasteiger partial charge in [0.05, 0.1) is 5.69 Å². The van der Waals surface area contributed by atoms with Gasteiger partial charge < -0.3 is 5.32 Å². The van der Waals surface area contributed by atoms with Crippen molar-refractivity contribution < 1.29 is 22.4 Å². The van der Waals surface area contributed by atoms with E-state index in [2.05, 4.69) is 15.4 Å². The fourth-order valence-corrected chi connectivity index (χ4v) is 2.65. The number of carbonyl (C=O) groups excluding carboxylic acids is 1. The van der Waals surface area contributed by atoms with Crippen LogP contribution < -0.4 is 5.32 Å². The molecule has 0 atom stereocenters. The monoisotopic (exact) mass is 364 g/mol. The van der Waals surface area contributed by atoms with Gasteiger partial charge in [-0.2, -0.15) is 5.10 Å².